The lowest BCUT2D eigenvalue weighted by molar-refractivity contribution is 0.102. The Morgan fingerprint density at radius 2 is 1.79 bits per heavy atom. The summed E-state index contributed by atoms with van der Waals surface area (Å²) >= 11 is 1.32. The Bertz CT molecular complexity index is 1250. The van der Waals surface area contributed by atoms with Crippen LogP contribution < -0.4 is 0 Å². The fourth-order valence-corrected chi connectivity index (χ4v) is 4.61. The lowest BCUT2D eigenvalue weighted by Gasteiger charge is -2.11. The second-order valence-corrected chi connectivity index (χ2v) is 8.57. The molecule has 0 spiro atoms. The first-order valence-electron chi connectivity index (χ1n) is 10.6. The van der Waals surface area contributed by atoms with E-state index < -0.39 is 0 Å². The van der Waals surface area contributed by atoms with Crippen LogP contribution in [0.4, 0.5) is 4.39 Å². The van der Waals surface area contributed by atoms with Crippen molar-refractivity contribution < 1.29 is 13.9 Å². The summed E-state index contributed by atoms with van der Waals surface area (Å²) in [5, 5.41) is 9.30. The molecule has 0 saturated carbocycles. The van der Waals surface area contributed by atoms with E-state index in [1.165, 1.54) is 23.9 Å². The van der Waals surface area contributed by atoms with Crippen LogP contribution in [0.2, 0.25) is 0 Å². The standard InChI is InChI=1S/C25H25FN4O2S/c1-17-15-22(18(2)29(17)13-14-32-3)23(31)16-33-25-28-27-24(19-7-5-4-6-8-19)30(25)21-11-9-20(26)10-12-21/h4-12,15H,13-14,16H2,1-3H3. The Morgan fingerprint density at radius 1 is 1.06 bits per heavy atom. The predicted molar refractivity (Wildman–Crippen MR) is 128 cm³/mol. The van der Waals surface area contributed by atoms with Gasteiger partial charge in [0.1, 0.15) is 5.82 Å². The van der Waals surface area contributed by atoms with Crippen LogP contribution in [0.25, 0.3) is 17.1 Å². The van der Waals surface area contributed by atoms with Crippen molar-refractivity contribution in [2.45, 2.75) is 25.5 Å². The van der Waals surface area contributed by atoms with Crippen LogP contribution in [0, 0.1) is 19.7 Å². The molecule has 8 heteroatoms. The third kappa shape index (κ3) is 4.91. The first-order chi connectivity index (χ1) is 16.0. The minimum absolute atomic E-state index is 0.0201. The SMILES string of the molecule is COCCn1c(C)cc(C(=O)CSc2nnc(-c3ccccc3)n2-c2ccc(F)cc2)c1C. The first-order valence-corrected chi connectivity index (χ1v) is 11.6. The summed E-state index contributed by atoms with van der Waals surface area (Å²) in [6, 6.07) is 17.8. The number of hydrogen-bond donors (Lipinski definition) is 0. The predicted octanol–water partition coefficient (Wildman–Crippen LogP) is 5.11. The Hall–Kier alpha value is -3.23. The third-order valence-electron chi connectivity index (χ3n) is 5.48. The number of carbonyl (C=O) groups is 1. The molecule has 0 atom stereocenters. The fraction of sp³-hybridized carbons (Fsp3) is 0.240. The number of hydrogen-bond acceptors (Lipinski definition) is 5. The van der Waals surface area contributed by atoms with Crippen molar-refractivity contribution in [1.29, 1.82) is 0 Å². The molecule has 0 bridgehead atoms. The Balaban J connectivity index is 1.62. The van der Waals surface area contributed by atoms with Crippen molar-refractivity contribution in [2.24, 2.45) is 0 Å². The second-order valence-electron chi connectivity index (χ2n) is 7.63. The van der Waals surface area contributed by atoms with Crippen molar-refractivity contribution in [2.75, 3.05) is 19.5 Å². The molecule has 2 aromatic heterocycles. The number of ether oxygens (including phenoxy) is 1. The van der Waals surface area contributed by atoms with Crippen molar-refractivity contribution in [3.8, 4) is 17.1 Å². The van der Waals surface area contributed by atoms with Crippen molar-refractivity contribution in [3.63, 3.8) is 0 Å². The number of carbonyl (C=O) groups excluding carboxylic acids is 1. The van der Waals surface area contributed by atoms with Gasteiger partial charge in [-0.05, 0) is 44.2 Å². The molecule has 4 rings (SSSR count). The summed E-state index contributed by atoms with van der Waals surface area (Å²) in [6.45, 7) is 5.23. The molecule has 2 aromatic carbocycles. The molecule has 170 valence electrons. The van der Waals surface area contributed by atoms with Gasteiger partial charge in [0, 0.05) is 41.9 Å². The second kappa shape index (κ2) is 10.1. The highest BCUT2D eigenvalue weighted by molar-refractivity contribution is 7.99. The number of aryl methyl sites for hydroxylation is 1. The Labute approximate surface area is 196 Å². The normalized spacial score (nSPS) is 11.2. The van der Waals surface area contributed by atoms with E-state index in [-0.39, 0.29) is 17.4 Å². The van der Waals surface area contributed by atoms with Gasteiger partial charge in [-0.25, -0.2) is 4.39 Å². The maximum Gasteiger partial charge on any atom is 0.196 e. The van der Waals surface area contributed by atoms with E-state index in [9.17, 15) is 9.18 Å². The molecule has 0 amide bonds. The van der Waals surface area contributed by atoms with E-state index in [0.29, 0.717) is 29.7 Å². The number of benzene rings is 2. The van der Waals surface area contributed by atoms with E-state index >= 15 is 0 Å². The maximum atomic E-state index is 13.5. The average molecular weight is 465 g/mol. The molecule has 0 radical (unpaired) electrons. The minimum atomic E-state index is -0.318. The first kappa shape index (κ1) is 22.9. The maximum absolute atomic E-state index is 13.5. The number of rotatable bonds is 9. The number of methoxy groups -OCH3 is 1. The van der Waals surface area contributed by atoms with Gasteiger partial charge in [0.2, 0.25) is 0 Å². The van der Waals surface area contributed by atoms with E-state index in [0.717, 1.165) is 22.6 Å². The van der Waals surface area contributed by atoms with Crippen molar-refractivity contribution >= 4 is 17.5 Å². The molecule has 0 unspecified atom stereocenters. The summed E-state index contributed by atoms with van der Waals surface area (Å²) in [5.41, 5.74) is 4.27. The number of aromatic nitrogens is 4. The average Bonchev–Trinajstić information content (AvgIpc) is 3.38. The number of halogens is 1. The van der Waals surface area contributed by atoms with Gasteiger partial charge in [-0.2, -0.15) is 0 Å². The van der Waals surface area contributed by atoms with Crippen LogP contribution >= 0.6 is 11.8 Å². The van der Waals surface area contributed by atoms with Gasteiger partial charge >= 0.3 is 0 Å². The highest BCUT2D eigenvalue weighted by Gasteiger charge is 2.20. The zero-order chi connectivity index (χ0) is 23.4. The quantitative estimate of drug-likeness (QED) is 0.254. The van der Waals surface area contributed by atoms with Gasteiger partial charge in [0.15, 0.2) is 16.8 Å². The van der Waals surface area contributed by atoms with Crippen LogP contribution in [0.15, 0.2) is 65.8 Å². The molecular formula is C25H25FN4O2S. The number of ketones is 1. The number of Topliss-reactive ketones (excluding diaryl/α,β-unsaturated/α-hetero) is 1. The monoisotopic (exact) mass is 464 g/mol. The van der Waals surface area contributed by atoms with Crippen LogP contribution in [0.5, 0.6) is 0 Å². The zero-order valence-corrected chi connectivity index (χ0v) is 19.6. The molecule has 2 heterocycles. The summed E-state index contributed by atoms with van der Waals surface area (Å²) in [4.78, 5) is 13.1. The lowest BCUT2D eigenvalue weighted by Crippen LogP contribution is -2.10. The number of thioether (sulfide) groups is 1. The summed E-state index contributed by atoms with van der Waals surface area (Å²) in [6.07, 6.45) is 0. The molecule has 33 heavy (non-hydrogen) atoms. The molecule has 0 aliphatic rings. The molecule has 0 N–H and O–H groups in total. The lowest BCUT2D eigenvalue weighted by atomic mass is 10.2. The van der Waals surface area contributed by atoms with Gasteiger partial charge in [0.25, 0.3) is 0 Å². The summed E-state index contributed by atoms with van der Waals surface area (Å²) in [5.74, 6) is 0.547. The van der Waals surface area contributed by atoms with E-state index in [2.05, 4.69) is 14.8 Å². The Morgan fingerprint density at radius 3 is 2.48 bits per heavy atom. The number of nitrogens with zero attached hydrogens (tertiary/aromatic N) is 4. The molecule has 0 saturated heterocycles. The molecular weight excluding hydrogens is 439 g/mol. The zero-order valence-electron chi connectivity index (χ0n) is 18.8. The molecule has 0 fully saturated rings. The van der Waals surface area contributed by atoms with E-state index in [4.69, 9.17) is 4.74 Å². The molecule has 6 nitrogen and oxygen atoms in total. The van der Waals surface area contributed by atoms with Crippen molar-refractivity contribution in [3.05, 3.63) is 83.4 Å². The fourth-order valence-electron chi connectivity index (χ4n) is 3.78. The molecule has 4 aromatic rings. The minimum Gasteiger partial charge on any atom is -0.383 e. The van der Waals surface area contributed by atoms with Gasteiger partial charge in [0.05, 0.1) is 12.4 Å². The van der Waals surface area contributed by atoms with E-state index in [1.807, 2.05) is 54.8 Å². The highest BCUT2D eigenvalue weighted by Crippen LogP contribution is 2.29. The van der Waals surface area contributed by atoms with Gasteiger partial charge in [-0.3, -0.25) is 9.36 Å². The van der Waals surface area contributed by atoms with Crippen LogP contribution in [0.1, 0.15) is 21.7 Å². The van der Waals surface area contributed by atoms with Gasteiger partial charge in [-0.15, -0.1) is 10.2 Å². The highest BCUT2D eigenvalue weighted by atomic mass is 32.2. The van der Waals surface area contributed by atoms with Gasteiger partial charge in [-0.1, -0.05) is 42.1 Å². The Kier molecular flexibility index (Phi) is 7.05. The largest absolute Gasteiger partial charge is 0.383 e. The van der Waals surface area contributed by atoms with Gasteiger partial charge < -0.3 is 9.30 Å². The summed E-state index contributed by atoms with van der Waals surface area (Å²) < 4.78 is 22.7. The summed E-state index contributed by atoms with van der Waals surface area (Å²) in [7, 11) is 1.66. The van der Waals surface area contributed by atoms with Crippen molar-refractivity contribution in [1.82, 2.24) is 19.3 Å². The molecule has 0 aliphatic heterocycles. The van der Waals surface area contributed by atoms with Crippen LogP contribution in [-0.2, 0) is 11.3 Å². The third-order valence-corrected chi connectivity index (χ3v) is 6.40. The molecule has 0 aliphatic carbocycles. The van der Waals surface area contributed by atoms with E-state index in [1.54, 1.807) is 19.2 Å². The van der Waals surface area contributed by atoms with Crippen LogP contribution in [0.3, 0.4) is 0 Å². The topological polar surface area (TPSA) is 61.9 Å². The smallest absolute Gasteiger partial charge is 0.196 e. The van der Waals surface area contributed by atoms with Crippen LogP contribution in [-0.4, -0.2) is 44.6 Å².